The van der Waals surface area contributed by atoms with Crippen LogP contribution in [0.15, 0.2) is 78.9 Å². The average molecular weight is 584 g/mol. The maximum absolute atomic E-state index is 13.8. The van der Waals surface area contributed by atoms with E-state index in [0.29, 0.717) is 29.2 Å². The second kappa shape index (κ2) is 14.9. The summed E-state index contributed by atoms with van der Waals surface area (Å²) in [5.74, 6) is -0.421. The molecular weight excluding hydrogens is 546 g/mol. The lowest BCUT2D eigenvalue weighted by Gasteiger charge is -2.32. The molecule has 0 spiro atoms. The van der Waals surface area contributed by atoms with Crippen LogP contribution < -0.4 is 9.62 Å². The van der Waals surface area contributed by atoms with Gasteiger partial charge in [-0.1, -0.05) is 85.3 Å². The van der Waals surface area contributed by atoms with Crippen LogP contribution in [0, 0.1) is 6.92 Å². The second-order valence-corrected chi connectivity index (χ2v) is 12.1. The van der Waals surface area contributed by atoms with Gasteiger partial charge in [-0.05, 0) is 48.6 Å². The molecule has 0 saturated carbocycles. The maximum atomic E-state index is 13.8. The normalized spacial score (nSPS) is 12.0. The largest absolute Gasteiger partial charge is 0.354 e. The summed E-state index contributed by atoms with van der Waals surface area (Å²) in [5, 5.41) is 3.44. The predicted octanol–water partition coefficient (Wildman–Crippen LogP) is 5.36. The second-order valence-electron chi connectivity index (χ2n) is 9.83. The van der Waals surface area contributed by atoms with Crippen LogP contribution in [0.2, 0.25) is 5.02 Å². The van der Waals surface area contributed by atoms with Crippen LogP contribution >= 0.6 is 11.6 Å². The molecule has 0 fully saturated rings. The van der Waals surface area contributed by atoms with Gasteiger partial charge in [-0.25, -0.2) is 8.42 Å². The molecule has 7 nitrogen and oxygen atoms in total. The lowest BCUT2D eigenvalue weighted by atomic mass is 10.0. The topological polar surface area (TPSA) is 86.8 Å². The molecule has 3 rings (SSSR count). The van der Waals surface area contributed by atoms with E-state index in [0.717, 1.165) is 23.8 Å². The molecule has 0 aliphatic rings. The Hall–Kier alpha value is -3.36. The van der Waals surface area contributed by atoms with E-state index in [4.69, 9.17) is 11.6 Å². The molecule has 2 amide bonds. The van der Waals surface area contributed by atoms with Crippen molar-refractivity contribution in [1.82, 2.24) is 10.2 Å². The standard InChI is InChI=1S/C31H38ClN3O4S/c1-4-20-33-31(37)29(22-25-13-7-5-8-14-25)34(23-26-15-9-6-10-16-26)30(36)19-12-21-35(40(3,38)39)28-18-11-17-27(32)24(28)2/h5-11,13-18,29H,4,12,19-23H2,1-3H3,(H,33,37)/t29-/m1/s1. The van der Waals surface area contributed by atoms with E-state index in [9.17, 15) is 18.0 Å². The summed E-state index contributed by atoms with van der Waals surface area (Å²) < 4.78 is 26.7. The Labute approximate surface area is 243 Å². The van der Waals surface area contributed by atoms with Gasteiger partial charge in [0.25, 0.3) is 0 Å². The number of nitrogens with zero attached hydrogens (tertiary/aromatic N) is 2. The van der Waals surface area contributed by atoms with Crippen molar-refractivity contribution >= 4 is 39.1 Å². The van der Waals surface area contributed by atoms with Crippen molar-refractivity contribution < 1.29 is 18.0 Å². The van der Waals surface area contributed by atoms with E-state index in [1.54, 1.807) is 30.0 Å². The highest BCUT2D eigenvalue weighted by Crippen LogP contribution is 2.28. The first-order valence-electron chi connectivity index (χ1n) is 13.5. The summed E-state index contributed by atoms with van der Waals surface area (Å²) in [6.45, 7) is 4.64. The Morgan fingerprint density at radius 3 is 2.15 bits per heavy atom. The van der Waals surface area contributed by atoms with Crippen LogP contribution in [0.25, 0.3) is 0 Å². The number of anilines is 1. The molecule has 3 aromatic carbocycles. The minimum Gasteiger partial charge on any atom is -0.354 e. The summed E-state index contributed by atoms with van der Waals surface area (Å²) in [4.78, 5) is 28.8. The van der Waals surface area contributed by atoms with E-state index < -0.39 is 16.1 Å². The predicted molar refractivity (Wildman–Crippen MR) is 162 cm³/mol. The van der Waals surface area contributed by atoms with Gasteiger partial charge in [0.05, 0.1) is 11.9 Å². The van der Waals surface area contributed by atoms with Crippen LogP contribution in [-0.2, 0) is 32.6 Å². The number of amides is 2. The highest BCUT2D eigenvalue weighted by molar-refractivity contribution is 7.92. The number of rotatable bonds is 14. The fraction of sp³-hybridized carbons (Fsp3) is 0.355. The van der Waals surface area contributed by atoms with Gasteiger partial charge in [0.2, 0.25) is 21.8 Å². The third-order valence-electron chi connectivity index (χ3n) is 6.68. The molecule has 1 atom stereocenters. The minimum absolute atomic E-state index is 0.0742. The molecule has 3 aromatic rings. The Balaban J connectivity index is 1.86. The molecule has 40 heavy (non-hydrogen) atoms. The van der Waals surface area contributed by atoms with Gasteiger partial charge >= 0.3 is 0 Å². The van der Waals surface area contributed by atoms with E-state index in [1.165, 1.54) is 4.31 Å². The van der Waals surface area contributed by atoms with Crippen LogP contribution in [0.4, 0.5) is 5.69 Å². The molecule has 0 bridgehead atoms. The summed E-state index contributed by atoms with van der Waals surface area (Å²) >= 11 is 6.26. The number of carbonyl (C=O) groups excluding carboxylic acids is 2. The first-order chi connectivity index (χ1) is 19.1. The zero-order valence-corrected chi connectivity index (χ0v) is 24.9. The number of sulfonamides is 1. The Bertz CT molecular complexity index is 1370. The van der Waals surface area contributed by atoms with Crippen molar-refractivity contribution in [3.8, 4) is 0 Å². The van der Waals surface area contributed by atoms with Crippen molar-refractivity contribution in [2.45, 2.75) is 52.1 Å². The zero-order chi connectivity index (χ0) is 29.1. The van der Waals surface area contributed by atoms with Gasteiger partial charge in [0, 0.05) is 37.5 Å². The van der Waals surface area contributed by atoms with Gasteiger partial charge in [-0.15, -0.1) is 0 Å². The zero-order valence-electron chi connectivity index (χ0n) is 23.3. The summed E-state index contributed by atoms with van der Waals surface area (Å²) in [5.41, 5.74) is 3.00. The van der Waals surface area contributed by atoms with Crippen molar-refractivity contribution in [3.63, 3.8) is 0 Å². The van der Waals surface area contributed by atoms with E-state index in [-0.39, 0.29) is 37.7 Å². The summed E-state index contributed by atoms with van der Waals surface area (Å²) in [7, 11) is -3.62. The van der Waals surface area contributed by atoms with Gasteiger partial charge in [-0.2, -0.15) is 0 Å². The number of carbonyl (C=O) groups is 2. The average Bonchev–Trinajstić information content (AvgIpc) is 2.94. The lowest BCUT2D eigenvalue weighted by Crippen LogP contribution is -2.50. The monoisotopic (exact) mass is 583 g/mol. The van der Waals surface area contributed by atoms with Crippen LogP contribution in [-0.4, -0.2) is 50.5 Å². The number of halogens is 1. The highest BCUT2D eigenvalue weighted by atomic mass is 35.5. The molecule has 0 aliphatic heterocycles. The van der Waals surface area contributed by atoms with Crippen molar-refractivity contribution in [2.24, 2.45) is 0 Å². The van der Waals surface area contributed by atoms with Gasteiger partial charge in [0.15, 0.2) is 0 Å². The number of benzene rings is 3. The highest BCUT2D eigenvalue weighted by Gasteiger charge is 2.30. The van der Waals surface area contributed by atoms with Crippen molar-refractivity contribution in [1.29, 1.82) is 0 Å². The van der Waals surface area contributed by atoms with Crippen LogP contribution in [0.1, 0.15) is 42.9 Å². The molecule has 0 heterocycles. The maximum Gasteiger partial charge on any atom is 0.243 e. The molecule has 0 unspecified atom stereocenters. The molecule has 214 valence electrons. The minimum atomic E-state index is -3.62. The Morgan fingerprint density at radius 2 is 1.55 bits per heavy atom. The van der Waals surface area contributed by atoms with Gasteiger partial charge in [-0.3, -0.25) is 13.9 Å². The summed E-state index contributed by atoms with van der Waals surface area (Å²) in [6.07, 6.45) is 2.64. The molecule has 0 aromatic heterocycles. The number of hydrogen-bond donors (Lipinski definition) is 1. The van der Waals surface area contributed by atoms with Gasteiger partial charge < -0.3 is 10.2 Å². The van der Waals surface area contributed by atoms with E-state index in [2.05, 4.69) is 5.32 Å². The molecule has 0 radical (unpaired) electrons. The Kier molecular flexibility index (Phi) is 11.6. The molecule has 1 N–H and O–H groups in total. The Morgan fingerprint density at radius 1 is 0.925 bits per heavy atom. The number of nitrogens with one attached hydrogen (secondary N) is 1. The van der Waals surface area contributed by atoms with E-state index >= 15 is 0 Å². The van der Waals surface area contributed by atoms with E-state index in [1.807, 2.05) is 67.6 Å². The fourth-order valence-electron chi connectivity index (χ4n) is 4.55. The first kappa shape index (κ1) is 31.2. The third kappa shape index (κ3) is 8.83. The smallest absolute Gasteiger partial charge is 0.243 e. The van der Waals surface area contributed by atoms with Gasteiger partial charge in [0.1, 0.15) is 6.04 Å². The van der Waals surface area contributed by atoms with Crippen LogP contribution in [0.5, 0.6) is 0 Å². The summed E-state index contributed by atoms with van der Waals surface area (Å²) in [6, 6.07) is 23.6. The fourth-order valence-corrected chi connectivity index (χ4v) is 5.73. The van der Waals surface area contributed by atoms with Crippen molar-refractivity contribution in [2.75, 3.05) is 23.7 Å². The third-order valence-corrected chi connectivity index (χ3v) is 8.27. The van der Waals surface area contributed by atoms with Crippen molar-refractivity contribution in [3.05, 3.63) is 101 Å². The lowest BCUT2D eigenvalue weighted by molar-refractivity contribution is -0.141. The molecule has 0 aliphatic carbocycles. The molecular formula is C31H38ClN3O4S. The quantitative estimate of drug-likeness (QED) is 0.277. The van der Waals surface area contributed by atoms with Crippen LogP contribution in [0.3, 0.4) is 0 Å². The molecule has 9 heteroatoms. The first-order valence-corrected chi connectivity index (χ1v) is 15.7. The number of hydrogen-bond acceptors (Lipinski definition) is 4. The SMILES string of the molecule is CCCNC(=O)[C@@H](Cc1ccccc1)N(Cc1ccccc1)C(=O)CCCN(c1cccc(Cl)c1C)S(C)(=O)=O. The molecule has 0 saturated heterocycles.